The number of aryl methyl sites for hydroxylation is 1. The summed E-state index contributed by atoms with van der Waals surface area (Å²) in [5.41, 5.74) is 2.35. The molecule has 66 valence electrons. The second-order valence-electron chi connectivity index (χ2n) is 3.04. The molecular formula is C11H10ClN. The lowest BCUT2D eigenvalue weighted by Gasteiger charge is -2.04. The lowest BCUT2D eigenvalue weighted by molar-refractivity contribution is 1.08. The minimum absolute atomic E-state index is 0.740. The summed E-state index contributed by atoms with van der Waals surface area (Å²) in [6, 6.07) is 12.1. The summed E-state index contributed by atoms with van der Waals surface area (Å²) in [5, 5.41) is 0.740. The summed E-state index contributed by atoms with van der Waals surface area (Å²) in [6.45, 7) is 2.07. The molecule has 0 atom stereocenters. The summed E-state index contributed by atoms with van der Waals surface area (Å²) in [4.78, 5) is 0. The maximum absolute atomic E-state index is 5.98. The van der Waals surface area contributed by atoms with E-state index in [-0.39, 0.29) is 0 Å². The molecule has 0 fully saturated rings. The molecule has 2 heteroatoms. The van der Waals surface area contributed by atoms with Gasteiger partial charge >= 0.3 is 0 Å². The van der Waals surface area contributed by atoms with Crippen LogP contribution in [0.2, 0.25) is 5.15 Å². The average molecular weight is 192 g/mol. The molecule has 0 saturated heterocycles. The third-order valence-electron chi connectivity index (χ3n) is 2.01. The van der Waals surface area contributed by atoms with Gasteiger partial charge in [-0.25, -0.2) is 0 Å². The van der Waals surface area contributed by atoms with Crippen molar-refractivity contribution in [2.45, 2.75) is 6.92 Å². The first-order valence-electron chi connectivity index (χ1n) is 4.17. The van der Waals surface area contributed by atoms with Gasteiger partial charge in [0.1, 0.15) is 5.15 Å². The van der Waals surface area contributed by atoms with Gasteiger partial charge in [-0.15, -0.1) is 0 Å². The molecule has 0 amide bonds. The van der Waals surface area contributed by atoms with Crippen molar-refractivity contribution >= 4 is 11.6 Å². The van der Waals surface area contributed by atoms with E-state index in [1.807, 2.05) is 22.9 Å². The van der Waals surface area contributed by atoms with Gasteiger partial charge in [0.2, 0.25) is 0 Å². The van der Waals surface area contributed by atoms with Crippen molar-refractivity contribution in [3.63, 3.8) is 0 Å². The lowest BCUT2D eigenvalue weighted by atomic mass is 10.2. The van der Waals surface area contributed by atoms with Crippen molar-refractivity contribution in [1.29, 1.82) is 0 Å². The molecule has 1 aromatic carbocycles. The minimum Gasteiger partial charge on any atom is -0.308 e. The Morgan fingerprint density at radius 3 is 2.31 bits per heavy atom. The molecule has 1 nitrogen and oxygen atoms in total. The lowest BCUT2D eigenvalue weighted by Crippen LogP contribution is -1.90. The highest BCUT2D eigenvalue weighted by Gasteiger charge is 1.98. The van der Waals surface area contributed by atoms with Gasteiger partial charge in [-0.05, 0) is 31.2 Å². The van der Waals surface area contributed by atoms with Gasteiger partial charge in [-0.2, -0.15) is 0 Å². The van der Waals surface area contributed by atoms with E-state index >= 15 is 0 Å². The molecule has 0 N–H and O–H groups in total. The largest absolute Gasteiger partial charge is 0.308 e. The normalized spacial score (nSPS) is 10.3. The van der Waals surface area contributed by atoms with Crippen LogP contribution in [0.4, 0.5) is 0 Å². The van der Waals surface area contributed by atoms with E-state index in [1.165, 1.54) is 5.56 Å². The summed E-state index contributed by atoms with van der Waals surface area (Å²) >= 11 is 5.98. The molecule has 1 aromatic heterocycles. The van der Waals surface area contributed by atoms with E-state index in [0.29, 0.717) is 0 Å². The van der Waals surface area contributed by atoms with E-state index in [0.717, 1.165) is 10.8 Å². The Bertz CT molecular complexity index is 400. The zero-order valence-corrected chi connectivity index (χ0v) is 8.12. The Hall–Kier alpha value is -1.21. The number of rotatable bonds is 1. The smallest absolute Gasteiger partial charge is 0.113 e. The fourth-order valence-electron chi connectivity index (χ4n) is 1.27. The van der Waals surface area contributed by atoms with Gasteiger partial charge in [-0.1, -0.05) is 29.3 Å². The molecule has 2 aromatic rings. The average Bonchev–Trinajstić information content (AvgIpc) is 2.53. The summed E-state index contributed by atoms with van der Waals surface area (Å²) in [6.07, 6.45) is 1.95. The molecule has 0 unspecified atom stereocenters. The number of nitrogens with zero attached hydrogens (tertiary/aromatic N) is 1. The van der Waals surface area contributed by atoms with Crippen molar-refractivity contribution in [3.05, 3.63) is 53.3 Å². The molecule has 0 spiro atoms. The van der Waals surface area contributed by atoms with E-state index in [4.69, 9.17) is 11.6 Å². The highest BCUT2D eigenvalue weighted by molar-refractivity contribution is 6.29. The molecule has 0 saturated carbocycles. The predicted octanol–water partition coefficient (Wildman–Crippen LogP) is 3.44. The van der Waals surface area contributed by atoms with Crippen LogP contribution in [0.15, 0.2) is 42.6 Å². The number of aromatic nitrogens is 1. The Balaban J connectivity index is 2.47. The van der Waals surface area contributed by atoms with Crippen LogP contribution in [-0.4, -0.2) is 4.57 Å². The molecule has 13 heavy (non-hydrogen) atoms. The monoisotopic (exact) mass is 191 g/mol. The van der Waals surface area contributed by atoms with E-state index in [2.05, 4.69) is 31.2 Å². The zero-order chi connectivity index (χ0) is 9.26. The van der Waals surface area contributed by atoms with Gasteiger partial charge in [0, 0.05) is 11.9 Å². The third kappa shape index (κ3) is 1.61. The molecule has 0 bridgehead atoms. The van der Waals surface area contributed by atoms with Crippen LogP contribution in [0.25, 0.3) is 5.69 Å². The first kappa shape index (κ1) is 8.39. The Labute approximate surface area is 82.6 Å². The van der Waals surface area contributed by atoms with Gasteiger partial charge in [0.05, 0.1) is 0 Å². The fraction of sp³-hybridized carbons (Fsp3) is 0.0909. The van der Waals surface area contributed by atoms with Crippen LogP contribution in [0.5, 0.6) is 0 Å². The number of hydrogen-bond acceptors (Lipinski definition) is 0. The Morgan fingerprint density at radius 2 is 1.77 bits per heavy atom. The molecular weight excluding hydrogens is 182 g/mol. The standard InChI is InChI=1S/C11H10ClN/c1-9-4-6-10(7-5-9)13-8-2-3-11(13)12/h2-8H,1H3. The molecule has 2 rings (SSSR count). The quantitative estimate of drug-likeness (QED) is 0.651. The summed E-state index contributed by atoms with van der Waals surface area (Å²) < 4.78 is 1.95. The summed E-state index contributed by atoms with van der Waals surface area (Å²) in [5.74, 6) is 0. The maximum Gasteiger partial charge on any atom is 0.113 e. The Kier molecular flexibility index (Phi) is 2.11. The van der Waals surface area contributed by atoms with Crippen LogP contribution in [0.3, 0.4) is 0 Å². The van der Waals surface area contributed by atoms with Crippen LogP contribution >= 0.6 is 11.6 Å². The number of halogens is 1. The molecule has 1 heterocycles. The first-order valence-corrected chi connectivity index (χ1v) is 4.55. The van der Waals surface area contributed by atoms with Gasteiger partial charge < -0.3 is 4.57 Å². The topological polar surface area (TPSA) is 4.93 Å². The van der Waals surface area contributed by atoms with Crippen LogP contribution in [-0.2, 0) is 0 Å². The van der Waals surface area contributed by atoms with Crippen molar-refractivity contribution in [1.82, 2.24) is 4.57 Å². The number of hydrogen-bond donors (Lipinski definition) is 0. The second-order valence-corrected chi connectivity index (χ2v) is 3.42. The predicted molar refractivity (Wildman–Crippen MR) is 55.5 cm³/mol. The van der Waals surface area contributed by atoms with Crippen molar-refractivity contribution in [2.24, 2.45) is 0 Å². The van der Waals surface area contributed by atoms with E-state index < -0.39 is 0 Å². The van der Waals surface area contributed by atoms with Crippen molar-refractivity contribution in [2.75, 3.05) is 0 Å². The fourth-order valence-corrected chi connectivity index (χ4v) is 1.50. The Morgan fingerprint density at radius 1 is 1.08 bits per heavy atom. The SMILES string of the molecule is Cc1ccc(-n2cccc2Cl)cc1. The van der Waals surface area contributed by atoms with Crippen molar-refractivity contribution < 1.29 is 0 Å². The molecule has 0 aliphatic carbocycles. The molecule has 0 aliphatic rings. The number of benzene rings is 1. The van der Waals surface area contributed by atoms with Gasteiger partial charge in [-0.3, -0.25) is 0 Å². The third-order valence-corrected chi connectivity index (χ3v) is 2.32. The van der Waals surface area contributed by atoms with Crippen molar-refractivity contribution in [3.8, 4) is 5.69 Å². The second kappa shape index (κ2) is 3.27. The highest BCUT2D eigenvalue weighted by atomic mass is 35.5. The summed E-state index contributed by atoms with van der Waals surface area (Å²) in [7, 11) is 0. The van der Waals surface area contributed by atoms with E-state index in [9.17, 15) is 0 Å². The molecule has 0 aliphatic heterocycles. The minimum atomic E-state index is 0.740. The van der Waals surface area contributed by atoms with Crippen LogP contribution < -0.4 is 0 Å². The highest BCUT2D eigenvalue weighted by Crippen LogP contribution is 2.16. The van der Waals surface area contributed by atoms with Crippen LogP contribution in [0.1, 0.15) is 5.56 Å². The van der Waals surface area contributed by atoms with Gasteiger partial charge in [0.15, 0.2) is 0 Å². The van der Waals surface area contributed by atoms with Gasteiger partial charge in [0.25, 0.3) is 0 Å². The van der Waals surface area contributed by atoms with E-state index in [1.54, 1.807) is 0 Å². The first-order chi connectivity index (χ1) is 6.27. The van der Waals surface area contributed by atoms with Crippen LogP contribution in [0, 0.1) is 6.92 Å². The zero-order valence-electron chi connectivity index (χ0n) is 7.37. The molecule has 0 radical (unpaired) electrons. The maximum atomic E-state index is 5.98.